The standard InChI is InChI=1S/C10H14BrN3.ClH/c1-14(9-4-5-12-7-9)10-3-2-8(11)6-13-10;/h2-3,6,9,12H,4-5,7H2,1H3;1H. The Hall–Kier alpha value is -0.320. The van der Waals surface area contributed by atoms with E-state index in [1.165, 1.54) is 6.42 Å². The normalized spacial score (nSPS) is 19.7. The summed E-state index contributed by atoms with van der Waals surface area (Å²) in [5, 5.41) is 3.36. The van der Waals surface area contributed by atoms with Crippen molar-refractivity contribution in [1.82, 2.24) is 10.3 Å². The van der Waals surface area contributed by atoms with E-state index in [2.05, 4.69) is 38.2 Å². The monoisotopic (exact) mass is 291 g/mol. The fraction of sp³-hybridized carbons (Fsp3) is 0.500. The van der Waals surface area contributed by atoms with Crippen molar-refractivity contribution < 1.29 is 0 Å². The van der Waals surface area contributed by atoms with Gasteiger partial charge in [-0.1, -0.05) is 0 Å². The molecule has 2 heterocycles. The average Bonchev–Trinajstić information content (AvgIpc) is 2.71. The van der Waals surface area contributed by atoms with Crippen molar-refractivity contribution in [2.45, 2.75) is 12.5 Å². The molecule has 0 saturated carbocycles. The highest BCUT2D eigenvalue weighted by Crippen LogP contribution is 2.17. The number of likely N-dealkylation sites (N-methyl/N-ethyl adjacent to an activating group) is 1. The van der Waals surface area contributed by atoms with Gasteiger partial charge in [0.15, 0.2) is 0 Å². The summed E-state index contributed by atoms with van der Waals surface area (Å²) in [4.78, 5) is 6.62. The molecule has 0 bridgehead atoms. The van der Waals surface area contributed by atoms with Gasteiger partial charge in [0.2, 0.25) is 0 Å². The van der Waals surface area contributed by atoms with Crippen molar-refractivity contribution in [2.24, 2.45) is 0 Å². The number of anilines is 1. The number of aromatic nitrogens is 1. The topological polar surface area (TPSA) is 28.2 Å². The maximum atomic E-state index is 4.37. The van der Waals surface area contributed by atoms with E-state index in [9.17, 15) is 0 Å². The number of hydrogen-bond donors (Lipinski definition) is 1. The van der Waals surface area contributed by atoms with Crippen LogP contribution in [0.1, 0.15) is 6.42 Å². The number of halogens is 2. The fourth-order valence-corrected chi connectivity index (χ4v) is 1.97. The van der Waals surface area contributed by atoms with Gasteiger partial charge in [-0.3, -0.25) is 0 Å². The zero-order valence-electron chi connectivity index (χ0n) is 8.61. The van der Waals surface area contributed by atoms with Gasteiger partial charge in [-0.2, -0.15) is 0 Å². The molecular formula is C10H15BrClN3. The van der Waals surface area contributed by atoms with E-state index in [4.69, 9.17) is 0 Å². The van der Waals surface area contributed by atoms with Gasteiger partial charge in [-0.05, 0) is 41.0 Å². The van der Waals surface area contributed by atoms with Gasteiger partial charge in [0.1, 0.15) is 5.82 Å². The van der Waals surface area contributed by atoms with Crippen LogP contribution in [-0.2, 0) is 0 Å². The molecule has 15 heavy (non-hydrogen) atoms. The Morgan fingerprint density at radius 1 is 1.53 bits per heavy atom. The van der Waals surface area contributed by atoms with E-state index < -0.39 is 0 Å². The molecule has 0 radical (unpaired) electrons. The Morgan fingerprint density at radius 3 is 2.87 bits per heavy atom. The molecule has 1 aliphatic rings. The number of nitrogens with one attached hydrogen (secondary N) is 1. The third-order valence-electron chi connectivity index (χ3n) is 2.66. The lowest BCUT2D eigenvalue weighted by atomic mass is 10.2. The minimum Gasteiger partial charge on any atom is -0.355 e. The Kier molecular flexibility index (Phi) is 4.83. The molecule has 1 unspecified atom stereocenters. The van der Waals surface area contributed by atoms with Crippen LogP contribution in [0.5, 0.6) is 0 Å². The second kappa shape index (κ2) is 5.68. The summed E-state index contributed by atoms with van der Waals surface area (Å²) in [6.45, 7) is 2.18. The molecule has 1 aliphatic heterocycles. The zero-order chi connectivity index (χ0) is 9.97. The number of hydrogen-bond acceptors (Lipinski definition) is 3. The molecule has 1 saturated heterocycles. The Balaban J connectivity index is 0.00000112. The quantitative estimate of drug-likeness (QED) is 0.904. The third kappa shape index (κ3) is 3.06. The summed E-state index contributed by atoms with van der Waals surface area (Å²) in [5.74, 6) is 1.04. The van der Waals surface area contributed by atoms with Crippen molar-refractivity contribution in [2.75, 3.05) is 25.0 Å². The van der Waals surface area contributed by atoms with Crippen LogP contribution in [0.4, 0.5) is 5.82 Å². The van der Waals surface area contributed by atoms with E-state index >= 15 is 0 Å². The molecule has 1 atom stereocenters. The lowest BCUT2D eigenvalue weighted by molar-refractivity contribution is 0.678. The van der Waals surface area contributed by atoms with Gasteiger partial charge < -0.3 is 10.2 Å². The molecule has 1 aromatic rings. The SMILES string of the molecule is CN(c1ccc(Br)cn1)C1CCNC1.Cl. The average molecular weight is 293 g/mol. The second-order valence-electron chi connectivity index (χ2n) is 3.59. The molecule has 1 fully saturated rings. The summed E-state index contributed by atoms with van der Waals surface area (Å²) in [7, 11) is 2.11. The first-order valence-electron chi connectivity index (χ1n) is 4.82. The van der Waals surface area contributed by atoms with Crippen LogP contribution >= 0.6 is 28.3 Å². The van der Waals surface area contributed by atoms with E-state index in [1.54, 1.807) is 0 Å². The molecule has 0 aromatic carbocycles. The van der Waals surface area contributed by atoms with Crippen LogP contribution in [0.3, 0.4) is 0 Å². The van der Waals surface area contributed by atoms with Crippen molar-refractivity contribution >= 4 is 34.2 Å². The Bertz CT molecular complexity index is 298. The summed E-state index contributed by atoms with van der Waals surface area (Å²) >= 11 is 3.38. The van der Waals surface area contributed by atoms with E-state index in [0.29, 0.717) is 6.04 Å². The molecule has 1 N–H and O–H groups in total. The minimum absolute atomic E-state index is 0. The smallest absolute Gasteiger partial charge is 0.128 e. The highest BCUT2D eigenvalue weighted by Gasteiger charge is 2.19. The molecular weight excluding hydrogens is 277 g/mol. The summed E-state index contributed by atoms with van der Waals surface area (Å²) < 4.78 is 1.03. The maximum absolute atomic E-state index is 4.37. The van der Waals surface area contributed by atoms with E-state index in [1.807, 2.05) is 18.3 Å². The Labute approximate surface area is 105 Å². The van der Waals surface area contributed by atoms with Crippen molar-refractivity contribution in [3.8, 4) is 0 Å². The predicted octanol–water partition coefficient (Wildman–Crippen LogP) is 2.06. The van der Waals surface area contributed by atoms with E-state index in [0.717, 1.165) is 23.4 Å². The third-order valence-corrected chi connectivity index (χ3v) is 3.12. The zero-order valence-corrected chi connectivity index (χ0v) is 11.0. The van der Waals surface area contributed by atoms with Gasteiger partial charge in [0, 0.05) is 30.3 Å². The summed E-state index contributed by atoms with van der Waals surface area (Å²) in [6, 6.07) is 4.66. The van der Waals surface area contributed by atoms with Gasteiger partial charge >= 0.3 is 0 Å². The molecule has 0 amide bonds. The number of rotatable bonds is 2. The van der Waals surface area contributed by atoms with Crippen LogP contribution in [0, 0.1) is 0 Å². The highest BCUT2D eigenvalue weighted by molar-refractivity contribution is 9.10. The Morgan fingerprint density at radius 2 is 2.33 bits per heavy atom. The molecule has 2 rings (SSSR count). The van der Waals surface area contributed by atoms with Crippen LogP contribution in [0.25, 0.3) is 0 Å². The lowest BCUT2D eigenvalue weighted by Gasteiger charge is -2.24. The largest absolute Gasteiger partial charge is 0.355 e. The molecule has 3 nitrogen and oxygen atoms in total. The molecule has 0 aliphatic carbocycles. The summed E-state index contributed by atoms with van der Waals surface area (Å²) in [6.07, 6.45) is 3.04. The highest BCUT2D eigenvalue weighted by atomic mass is 79.9. The number of pyridine rings is 1. The van der Waals surface area contributed by atoms with Gasteiger partial charge in [-0.15, -0.1) is 12.4 Å². The van der Waals surface area contributed by atoms with Gasteiger partial charge in [0.05, 0.1) is 0 Å². The second-order valence-corrected chi connectivity index (χ2v) is 4.51. The minimum atomic E-state index is 0. The first-order chi connectivity index (χ1) is 6.77. The predicted molar refractivity (Wildman–Crippen MR) is 68.9 cm³/mol. The van der Waals surface area contributed by atoms with Gasteiger partial charge in [0.25, 0.3) is 0 Å². The van der Waals surface area contributed by atoms with Crippen molar-refractivity contribution in [1.29, 1.82) is 0 Å². The molecule has 0 spiro atoms. The first-order valence-corrected chi connectivity index (χ1v) is 5.62. The molecule has 84 valence electrons. The van der Waals surface area contributed by atoms with Crippen molar-refractivity contribution in [3.63, 3.8) is 0 Å². The fourth-order valence-electron chi connectivity index (χ4n) is 1.73. The van der Waals surface area contributed by atoms with E-state index in [-0.39, 0.29) is 12.4 Å². The van der Waals surface area contributed by atoms with Crippen LogP contribution in [0.2, 0.25) is 0 Å². The molecule has 1 aromatic heterocycles. The molecule has 5 heteroatoms. The number of nitrogens with zero attached hydrogens (tertiary/aromatic N) is 2. The van der Waals surface area contributed by atoms with Crippen LogP contribution < -0.4 is 10.2 Å². The lowest BCUT2D eigenvalue weighted by Crippen LogP contribution is -2.33. The van der Waals surface area contributed by atoms with Gasteiger partial charge in [-0.25, -0.2) is 4.98 Å². The van der Waals surface area contributed by atoms with Crippen molar-refractivity contribution in [3.05, 3.63) is 22.8 Å². The van der Waals surface area contributed by atoms with Crippen LogP contribution in [-0.4, -0.2) is 31.2 Å². The first kappa shape index (κ1) is 12.7. The maximum Gasteiger partial charge on any atom is 0.128 e. The van der Waals surface area contributed by atoms with Crippen LogP contribution in [0.15, 0.2) is 22.8 Å². The summed E-state index contributed by atoms with van der Waals surface area (Å²) in [5.41, 5.74) is 0.